The molecule has 0 unspecified atom stereocenters. The molecule has 4 N–H and O–H groups in total. The van der Waals surface area contributed by atoms with Crippen LogP contribution in [0.15, 0.2) is 24.4 Å². The van der Waals surface area contributed by atoms with Crippen molar-refractivity contribution >= 4 is 5.95 Å². The van der Waals surface area contributed by atoms with Gasteiger partial charge in [-0.15, -0.1) is 0 Å². The predicted molar refractivity (Wildman–Crippen MR) is 72.5 cm³/mol. The Morgan fingerprint density at radius 2 is 2.17 bits per heavy atom. The number of nitrogen functional groups attached to an aromatic ring is 1. The summed E-state index contributed by atoms with van der Waals surface area (Å²) in [6.07, 6.45) is 1.72. The number of nitrogens with zero attached hydrogens (tertiary/aromatic N) is 1. The predicted octanol–water partition coefficient (Wildman–Crippen LogP) is 2.49. The molecular formula is C13H18N4O. The molecule has 0 spiro atoms. The van der Waals surface area contributed by atoms with Crippen molar-refractivity contribution in [2.24, 2.45) is 5.84 Å². The number of aromatic nitrogens is 2. The molecule has 0 fully saturated rings. The van der Waals surface area contributed by atoms with Crippen molar-refractivity contribution in [2.45, 2.75) is 19.8 Å². The van der Waals surface area contributed by atoms with Crippen LogP contribution in [0.4, 0.5) is 5.95 Å². The number of aromatic amines is 1. The summed E-state index contributed by atoms with van der Waals surface area (Å²) in [5, 5.41) is 0. The van der Waals surface area contributed by atoms with Crippen LogP contribution in [0, 0.1) is 0 Å². The van der Waals surface area contributed by atoms with E-state index in [2.05, 4.69) is 41.4 Å². The molecule has 1 aromatic carbocycles. The lowest BCUT2D eigenvalue weighted by Crippen LogP contribution is -2.07. The minimum atomic E-state index is 0.469. The maximum atomic E-state index is 5.43. The van der Waals surface area contributed by atoms with Crippen molar-refractivity contribution in [3.05, 3.63) is 30.0 Å². The number of imidazole rings is 1. The molecule has 0 saturated carbocycles. The number of hydrogen-bond donors (Lipinski definition) is 3. The van der Waals surface area contributed by atoms with Gasteiger partial charge in [-0.05, 0) is 23.6 Å². The highest BCUT2D eigenvalue weighted by Crippen LogP contribution is 2.32. The van der Waals surface area contributed by atoms with E-state index in [4.69, 9.17) is 10.6 Å². The fourth-order valence-corrected chi connectivity index (χ4v) is 1.82. The lowest BCUT2D eigenvalue weighted by atomic mass is 10.00. The molecule has 2 aromatic rings. The lowest BCUT2D eigenvalue weighted by molar-refractivity contribution is 0.415. The Bertz CT molecular complexity index is 534. The van der Waals surface area contributed by atoms with Gasteiger partial charge in [0, 0.05) is 5.56 Å². The number of hydrazine groups is 1. The summed E-state index contributed by atoms with van der Waals surface area (Å²) in [7, 11) is 1.67. The second kappa shape index (κ2) is 5.10. The van der Waals surface area contributed by atoms with Gasteiger partial charge in [-0.3, -0.25) is 5.43 Å². The van der Waals surface area contributed by atoms with Crippen LogP contribution in [0.1, 0.15) is 25.3 Å². The number of anilines is 1. The number of hydrogen-bond acceptors (Lipinski definition) is 4. The molecule has 1 heterocycles. The fraction of sp³-hybridized carbons (Fsp3) is 0.308. The lowest BCUT2D eigenvalue weighted by Gasteiger charge is -2.11. The quantitative estimate of drug-likeness (QED) is 0.572. The van der Waals surface area contributed by atoms with Crippen LogP contribution in [0.2, 0.25) is 0 Å². The summed E-state index contributed by atoms with van der Waals surface area (Å²) in [6, 6.07) is 6.18. The topological polar surface area (TPSA) is 76.0 Å². The van der Waals surface area contributed by atoms with Gasteiger partial charge in [0.1, 0.15) is 5.75 Å². The number of H-pyrrole nitrogens is 1. The highest BCUT2D eigenvalue weighted by molar-refractivity contribution is 5.68. The standard InChI is InChI=1S/C13H18N4O/c1-8(2)9-4-5-10(12(6-9)18-3)11-7-15-13(16-11)17-14/h4-8H,14H2,1-3H3,(H2,15,16,17). The molecule has 0 amide bonds. The maximum absolute atomic E-state index is 5.43. The number of methoxy groups -OCH3 is 1. The van der Waals surface area contributed by atoms with E-state index in [0.29, 0.717) is 11.9 Å². The number of nitrogens with two attached hydrogens (primary N) is 1. The van der Waals surface area contributed by atoms with Crippen LogP contribution >= 0.6 is 0 Å². The number of nitrogens with one attached hydrogen (secondary N) is 2. The van der Waals surface area contributed by atoms with Crippen molar-refractivity contribution in [3.8, 4) is 17.0 Å². The summed E-state index contributed by atoms with van der Waals surface area (Å²) in [4.78, 5) is 7.17. The van der Waals surface area contributed by atoms with E-state index in [1.165, 1.54) is 5.56 Å². The first-order valence-corrected chi connectivity index (χ1v) is 5.85. The third kappa shape index (κ3) is 2.31. The largest absolute Gasteiger partial charge is 0.496 e. The van der Waals surface area contributed by atoms with Crippen LogP contribution in [0.3, 0.4) is 0 Å². The SMILES string of the molecule is COc1cc(C(C)C)ccc1-c1cnc(NN)[nH]1. The van der Waals surface area contributed by atoms with Crippen LogP contribution < -0.4 is 16.0 Å². The molecule has 0 bridgehead atoms. The molecule has 5 nitrogen and oxygen atoms in total. The molecule has 0 atom stereocenters. The van der Waals surface area contributed by atoms with Crippen molar-refractivity contribution < 1.29 is 4.74 Å². The van der Waals surface area contributed by atoms with E-state index in [0.717, 1.165) is 17.0 Å². The Morgan fingerprint density at radius 1 is 1.39 bits per heavy atom. The van der Waals surface area contributed by atoms with Gasteiger partial charge in [0.15, 0.2) is 0 Å². The molecule has 0 saturated heterocycles. The molecule has 0 aliphatic heterocycles. The van der Waals surface area contributed by atoms with Gasteiger partial charge in [-0.1, -0.05) is 19.9 Å². The normalized spacial score (nSPS) is 10.7. The molecule has 0 radical (unpaired) electrons. The first-order valence-electron chi connectivity index (χ1n) is 5.85. The van der Waals surface area contributed by atoms with Crippen LogP contribution in [0.25, 0.3) is 11.3 Å². The Hall–Kier alpha value is -2.01. The highest BCUT2D eigenvalue weighted by Gasteiger charge is 2.10. The highest BCUT2D eigenvalue weighted by atomic mass is 16.5. The molecular weight excluding hydrogens is 228 g/mol. The van der Waals surface area contributed by atoms with Gasteiger partial charge in [0.25, 0.3) is 0 Å². The molecule has 2 rings (SSSR count). The van der Waals surface area contributed by atoms with Crippen molar-refractivity contribution in [3.63, 3.8) is 0 Å². The van der Waals surface area contributed by atoms with E-state index in [1.807, 2.05) is 6.07 Å². The minimum absolute atomic E-state index is 0.469. The number of ether oxygens (including phenoxy) is 1. The molecule has 0 aliphatic carbocycles. The third-order valence-corrected chi connectivity index (χ3v) is 2.89. The summed E-state index contributed by atoms with van der Waals surface area (Å²) < 4.78 is 5.43. The zero-order valence-corrected chi connectivity index (χ0v) is 10.8. The van der Waals surface area contributed by atoms with E-state index in [9.17, 15) is 0 Å². The number of rotatable bonds is 4. The molecule has 0 aliphatic rings. The smallest absolute Gasteiger partial charge is 0.215 e. The van der Waals surface area contributed by atoms with Crippen molar-refractivity contribution in [2.75, 3.05) is 12.5 Å². The van der Waals surface area contributed by atoms with Gasteiger partial charge < -0.3 is 9.72 Å². The monoisotopic (exact) mass is 246 g/mol. The summed E-state index contributed by atoms with van der Waals surface area (Å²) in [5.74, 6) is 7.12. The van der Waals surface area contributed by atoms with Crippen molar-refractivity contribution in [1.82, 2.24) is 9.97 Å². The van der Waals surface area contributed by atoms with Gasteiger partial charge in [-0.25, -0.2) is 10.8 Å². The van der Waals surface area contributed by atoms with Gasteiger partial charge >= 0.3 is 0 Å². The van der Waals surface area contributed by atoms with Gasteiger partial charge in [0.2, 0.25) is 5.95 Å². The third-order valence-electron chi connectivity index (χ3n) is 2.89. The Labute approximate surface area is 106 Å². The second-order valence-electron chi connectivity index (χ2n) is 4.40. The van der Waals surface area contributed by atoms with Crippen LogP contribution in [0.5, 0.6) is 5.75 Å². The maximum Gasteiger partial charge on any atom is 0.215 e. The summed E-state index contributed by atoms with van der Waals surface area (Å²) in [5.41, 5.74) is 5.56. The summed E-state index contributed by atoms with van der Waals surface area (Å²) >= 11 is 0. The van der Waals surface area contributed by atoms with Gasteiger partial charge in [0.05, 0.1) is 19.0 Å². The zero-order chi connectivity index (χ0) is 13.1. The van der Waals surface area contributed by atoms with Gasteiger partial charge in [-0.2, -0.15) is 0 Å². The second-order valence-corrected chi connectivity index (χ2v) is 4.40. The molecule has 5 heteroatoms. The summed E-state index contributed by atoms with van der Waals surface area (Å²) in [6.45, 7) is 4.31. The first-order chi connectivity index (χ1) is 8.65. The fourth-order valence-electron chi connectivity index (χ4n) is 1.82. The molecule has 18 heavy (non-hydrogen) atoms. The Morgan fingerprint density at radius 3 is 2.72 bits per heavy atom. The van der Waals surface area contributed by atoms with E-state index >= 15 is 0 Å². The van der Waals surface area contributed by atoms with E-state index in [1.54, 1.807) is 13.3 Å². The van der Waals surface area contributed by atoms with Crippen molar-refractivity contribution in [1.29, 1.82) is 0 Å². The number of benzene rings is 1. The van der Waals surface area contributed by atoms with E-state index in [-0.39, 0.29) is 0 Å². The molecule has 1 aromatic heterocycles. The Balaban J connectivity index is 2.44. The minimum Gasteiger partial charge on any atom is -0.496 e. The average molecular weight is 246 g/mol. The first kappa shape index (κ1) is 12.4. The van der Waals surface area contributed by atoms with Crippen LogP contribution in [-0.4, -0.2) is 17.1 Å². The van der Waals surface area contributed by atoms with Crippen LogP contribution in [-0.2, 0) is 0 Å². The Kier molecular flexibility index (Phi) is 3.53. The zero-order valence-electron chi connectivity index (χ0n) is 10.8. The molecule has 96 valence electrons. The van der Waals surface area contributed by atoms with E-state index < -0.39 is 0 Å². The average Bonchev–Trinajstić information content (AvgIpc) is 2.86.